The first-order chi connectivity index (χ1) is 12.1. The van der Waals surface area contributed by atoms with Crippen LogP contribution in [0.4, 0.5) is 4.39 Å². The zero-order valence-corrected chi connectivity index (χ0v) is 15.4. The molecule has 4 aromatic rings. The van der Waals surface area contributed by atoms with E-state index in [0.717, 1.165) is 26.9 Å². The molecule has 4 rings (SSSR count). The highest BCUT2D eigenvalue weighted by Gasteiger charge is 2.16. The second-order valence-corrected chi connectivity index (χ2v) is 7.04. The zero-order chi connectivity index (χ0) is 17.4. The average molecular weight is 416 g/mol. The maximum absolute atomic E-state index is 14.3. The number of rotatable bonds is 3. The van der Waals surface area contributed by atoms with Gasteiger partial charge in [0, 0.05) is 20.6 Å². The summed E-state index contributed by atoms with van der Waals surface area (Å²) in [5.74, 6) is 0.472. The van der Waals surface area contributed by atoms with E-state index in [-0.39, 0.29) is 5.82 Å². The van der Waals surface area contributed by atoms with Crippen molar-refractivity contribution in [2.45, 2.75) is 6.54 Å². The second-order valence-electron chi connectivity index (χ2n) is 5.72. The Kier molecular flexibility index (Phi) is 4.32. The summed E-state index contributed by atoms with van der Waals surface area (Å²) in [6, 6.07) is 20.5. The average Bonchev–Trinajstić information content (AvgIpc) is 2.97. The van der Waals surface area contributed by atoms with Crippen molar-refractivity contribution in [3.63, 3.8) is 0 Å². The van der Waals surface area contributed by atoms with Gasteiger partial charge < -0.3 is 4.57 Å². The van der Waals surface area contributed by atoms with Crippen molar-refractivity contribution in [3.05, 3.63) is 87.6 Å². The SMILES string of the molecule is Fc1cccc(Cl)c1Cn1c(-c2ccc(Br)cc2)nc2ccccc21. The molecule has 0 saturated carbocycles. The number of hydrogen-bond acceptors (Lipinski definition) is 1. The third-order valence-corrected chi connectivity index (χ3v) is 5.02. The van der Waals surface area contributed by atoms with Crippen LogP contribution in [-0.2, 0) is 6.54 Å². The predicted octanol–water partition coefficient (Wildman–Crippen LogP) is 6.31. The molecule has 3 aromatic carbocycles. The predicted molar refractivity (Wildman–Crippen MR) is 103 cm³/mol. The Morgan fingerprint density at radius 3 is 2.48 bits per heavy atom. The Labute approximate surface area is 158 Å². The van der Waals surface area contributed by atoms with Crippen molar-refractivity contribution < 1.29 is 4.39 Å². The number of aromatic nitrogens is 2. The van der Waals surface area contributed by atoms with E-state index in [9.17, 15) is 4.39 Å². The van der Waals surface area contributed by atoms with Gasteiger partial charge in [0.15, 0.2) is 0 Å². The lowest BCUT2D eigenvalue weighted by Gasteiger charge is -2.12. The van der Waals surface area contributed by atoms with E-state index in [2.05, 4.69) is 15.9 Å². The molecule has 124 valence electrons. The van der Waals surface area contributed by atoms with E-state index < -0.39 is 0 Å². The molecule has 0 saturated heterocycles. The number of hydrogen-bond donors (Lipinski definition) is 0. The minimum atomic E-state index is -0.313. The van der Waals surface area contributed by atoms with Gasteiger partial charge in [-0.25, -0.2) is 9.37 Å². The van der Waals surface area contributed by atoms with Crippen LogP contribution in [0.3, 0.4) is 0 Å². The second kappa shape index (κ2) is 6.62. The molecule has 0 spiro atoms. The van der Waals surface area contributed by atoms with Gasteiger partial charge >= 0.3 is 0 Å². The molecular formula is C20H13BrClFN2. The van der Waals surface area contributed by atoms with Crippen LogP contribution < -0.4 is 0 Å². The molecule has 0 atom stereocenters. The van der Waals surface area contributed by atoms with Gasteiger partial charge in [-0.05, 0) is 36.4 Å². The highest BCUT2D eigenvalue weighted by atomic mass is 79.9. The molecule has 0 aliphatic heterocycles. The molecule has 1 aromatic heterocycles. The molecular weight excluding hydrogens is 403 g/mol. The van der Waals surface area contributed by atoms with E-state index in [0.29, 0.717) is 17.1 Å². The molecule has 0 aliphatic carbocycles. The van der Waals surface area contributed by atoms with Crippen LogP contribution in [0.2, 0.25) is 5.02 Å². The van der Waals surface area contributed by atoms with Crippen molar-refractivity contribution in [1.82, 2.24) is 9.55 Å². The Balaban J connectivity index is 1.92. The summed E-state index contributed by atoms with van der Waals surface area (Å²) in [6.07, 6.45) is 0. The molecule has 5 heteroatoms. The first kappa shape index (κ1) is 16.3. The van der Waals surface area contributed by atoms with Crippen molar-refractivity contribution in [2.24, 2.45) is 0 Å². The van der Waals surface area contributed by atoms with Crippen LogP contribution in [-0.4, -0.2) is 9.55 Å². The first-order valence-electron chi connectivity index (χ1n) is 7.77. The molecule has 0 amide bonds. The zero-order valence-electron chi connectivity index (χ0n) is 13.1. The van der Waals surface area contributed by atoms with Gasteiger partial charge in [0.25, 0.3) is 0 Å². The first-order valence-corrected chi connectivity index (χ1v) is 8.94. The summed E-state index contributed by atoms with van der Waals surface area (Å²) in [5, 5.41) is 0.416. The van der Waals surface area contributed by atoms with Gasteiger partial charge in [-0.1, -0.05) is 57.9 Å². The van der Waals surface area contributed by atoms with Crippen molar-refractivity contribution in [2.75, 3.05) is 0 Å². The van der Waals surface area contributed by atoms with Gasteiger partial charge in [0.05, 0.1) is 17.6 Å². The number of benzene rings is 3. The monoisotopic (exact) mass is 414 g/mol. The standard InChI is InChI=1S/C20H13BrClFN2/c21-14-10-8-13(9-11-14)20-24-18-6-1-2-7-19(18)25(20)12-15-16(22)4-3-5-17(15)23/h1-11H,12H2. The van der Waals surface area contributed by atoms with Gasteiger partial charge in [0.1, 0.15) is 11.6 Å². The molecule has 0 N–H and O–H groups in total. The fourth-order valence-electron chi connectivity index (χ4n) is 2.90. The number of imidazole rings is 1. The van der Waals surface area contributed by atoms with Crippen LogP contribution in [0.1, 0.15) is 5.56 Å². The molecule has 0 unspecified atom stereocenters. The third-order valence-electron chi connectivity index (χ3n) is 4.13. The van der Waals surface area contributed by atoms with Crippen molar-refractivity contribution in [1.29, 1.82) is 0 Å². The topological polar surface area (TPSA) is 17.8 Å². The number of nitrogens with zero attached hydrogens (tertiary/aromatic N) is 2. The number of fused-ring (bicyclic) bond motifs is 1. The van der Waals surface area contributed by atoms with E-state index in [1.54, 1.807) is 12.1 Å². The lowest BCUT2D eigenvalue weighted by Crippen LogP contribution is -2.05. The molecule has 0 aliphatic rings. The van der Waals surface area contributed by atoms with Crippen LogP contribution in [0.25, 0.3) is 22.4 Å². The molecule has 25 heavy (non-hydrogen) atoms. The van der Waals surface area contributed by atoms with Crippen molar-refractivity contribution >= 4 is 38.6 Å². The highest BCUT2D eigenvalue weighted by Crippen LogP contribution is 2.29. The number of halogens is 3. The fraction of sp³-hybridized carbons (Fsp3) is 0.0500. The lowest BCUT2D eigenvalue weighted by molar-refractivity contribution is 0.602. The summed E-state index contributed by atoms with van der Waals surface area (Å²) >= 11 is 9.69. The van der Waals surface area contributed by atoms with Gasteiger partial charge in [-0.15, -0.1) is 0 Å². The molecule has 1 heterocycles. The Morgan fingerprint density at radius 2 is 1.72 bits per heavy atom. The summed E-state index contributed by atoms with van der Waals surface area (Å²) in [5.41, 5.74) is 3.24. The minimum Gasteiger partial charge on any atom is -0.319 e. The lowest BCUT2D eigenvalue weighted by atomic mass is 10.2. The summed E-state index contributed by atoms with van der Waals surface area (Å²) < 4.78 is 17.3. The van der Waals surface area contributed by atoms with E-state index in [4.69, 9.17) is 16.6 Å². The van der Waals surface area contributed by atoms with Crippen molar-refractivity contribution in [3.8, 4) is 11.4 Å². The van der Waals surface area contributed by atoms with Crippen LogP contribution >= 0.6 is 27.5 Å². The molecule has 0 bridgehead atoms. The van der Waals surface area contributed by atoms with Crippen LogP contribution in [0.15, 0.2) is 71.2 Å². The third kappa shape index (κ3) is 3.08. The van der Waals surface area contributed by atoms with Gasteiger partial charge in [-0.3, -0.25) is 0 Å². The maximum Gasteiger partial charge on any atom is 0.141 e. The Bertz CT molecular complexity index is 1040. The molecule has 0 fully saturated rings. The maximum atomic E-state index is 14.3. The smallest absolute Gasteiger partial charge is 0.141 e. The number of para-hydroxylation sites is 2. The quantitative estimate of drug-likeness (QED) is 0.383. The van der Waals surface area contributed by atoms with E-state index in [1.807, 2.05) is 53.1 Å². The summed E-state index contributed by atoms with van der Waals surface area (Å²) in [6.45, 7) is 0.317. The molecule has 2 nitrogen and oxygen atoms in total. The molecule has 0 radical (unpaired) electrons. The minimum absolute atomic E-state index is 0.313. The van der Waals surface area contributed by atoms with Crippen LogP contribution in [0, 0.1) is 5.82 Å². The largest absolute Gasteiger partial charge is 0.319 e. The summed E-state index contributed by atoms with van der Waals surface area (Å²) in [4.78, 5) is 4.75. The van der Waals surface area contributed by atoms with Gasteiger partial charge in [-0.2, -0.15) is 0 Å². The van der Waals surface area contributed by atoms with E-state index in [1.165, 1.54) is 6.07 Å². The fourth-order valence-corrected chi connectivity index (χ4v) is 3.38. The van der Waals surface area contributed by atoms with Crippen LogP contribution in [0.5, 0.6) is 0 Å². The summed E-state index contributed by atoms with van der Waals surface area (Å²) in [7, 11) is 0. The highest BCUT2D eigenvalue weighted by molar-refractivity contribution is 9.10. The van der Waals surface area contributed by atoms with Gasteiger partial charge in [0.2, 0.25) is 0 Å². The van der Waals surface area contributed by atoms with E-state index >= 15 is 0 Å². The Hall–Kier alpha value is -2.17. The normalized spacial score (nSPS) is 11.2. The Morgan fingerprint density at radius 1 is 0.960 bits per heavy atom.